The van der Waals surface area contributed by atoms with Crippen molar-refractivity contribution in [2.75, 3.05) is 20.3 Å². The zero-order valence-corrected chi connectivity index (χ0v) is 10.2. The number of hydrogen-bond acceptors (Lipinski definition) is 3. The maximum atomic E-state index is 10.4. The van der Waals surface area contributed by atoms with Crippen molar-refractivity contribution < 1.29 is 14.6 Å². The highest BCUT2D eigenvalue weighted by Gasteiger charge is 2.26. The van der Waals surface area contributed by atoms with E-state index in [1.54, 1.807) is 14.0 Å². The summed E-state index contributed by atoms with van der Waals surface area (Å²) in [4.78, 5) is 0. The van der Waals surface area contributed by atoms with E-state index in [0.29, 0.717) is 19.6 Å². The van der Waals surface area contributed by atoms with Crippen LogP contribution in [0.15, 0.2) is 24.3 Å². The number of benzene rings is 1. The normalized spacial score (nSPS) is 14.5. The first-order valence-electron chi connectivity index (χ1n) is 5.55. The van der Waals surface area contributed by atoms with Gasteiger partial charge in [0.25, 0.3) is 0 Å². The van der Waals surface area contributed by atoms with E-state index in [0.717, 1.165) is 11.3 Å². The van der Waals surface area contributed by atoms with Gasteiger partial charge in [-0.25, -0.2) is 0 Å². The molecule has 0 aliphatic carbocycles. The van der Waals surface area contributed by atoms with Crippen LogP contribution in [0.2, 0.25) is 0 Å². The molecule has 1 N–H and O–H groups in total. The Morgan fingerprint density at radius 2 is 2.00 bits per heavy atom. The SMILES string of the molecule is CCOc1ccccc1C(C)(O)CCOC. The van der Waals surface area contributed by atoms with Crippen LogP contribution in [0.25, 0.3) is 0 Å². The van der Waals surface area contributed by atoms with Crippen molar-refractivity contribution >= 4 is 0 Å². The molecular weight excluding hydrogens is 204 g/mol. The summed E-state index contributed by atoms with van der Waals surface area (Å²) in [6.07, 6.45) is 0.549. The fourth-order valence-corrected chi connectivity index (χ4v) is 1.63. The number of aliphatic hydroxyl groups is 1. The van der Waals surface area contributed by atoms with Crippen molar-refractivity contribution in [1.82, 2.24) is 0 Å². The van der Waals surface area contributed by atoms with Crippen LogP contribution in [0.4, 0.5) is 0 Å². The highest BCUT2D eigenvalue weighted by Crippen LogP contribution is 2.32. The molecule has 1 unspecified atom stereocenters. The zero-order valence-electron chi connectivity index (χ0n) is 10.2. The van der Waals surface area contributed by atoms with Crippen LogP contribution >= 0.6 is 0 Å². The topological polar surface area (TPSA) is 38.7 Å². The standard InChI is InChI=1S/C13H20O3/c1-4-16-12-8-6-5-7-11(12)13(2,14)9-10-15-3/h5-8,14H,4,9-10H2,1-3H3. The first-order chi connectivity index (χ1) is 7.61. The predicted octanol–water partition coefficient (Wildman–Crippen LogP) is 2.33. The van der Waals surface area contributed by atoms with Gasteiger partial charge in [-0.3, -0.25) is 0 Å². The molecule has 0 saturated heterocycles. The molecule has 0 fully saturated rings. The second kappa shape index (κ2) is 5.87. The van der Waals surface area contributed by atoms with Crippen LogP contribution in [-0.2, 0) is 10.3 Å². The molecule has 0 heterocycles. The largest absolute Gasteiger partial charge is 0.493 e. The van der Waals surface area contributed by atoms with E-state index in [4.69, 9.17) is 9.47 Å². The second-order valence-corrected chi connectivity index (χ2v) is 3.95. The maximum absolute atomic E-state index is 10.4. The summed E-state index contributed by atoms with van der Waals surface area (Å²) in [5.74, 6) is 0.742. The maximum Gasteiger partial charge on any atom is 0.125 e. The van der Waals surface area contributed by atoms with Crippen molar-refractivity contribution in [1.29, 1.82) is 0 Å². The first kappa shape index (κ1) is 13.0. The molecule has 1 aromatic rings. The molecule has 0 radical (unpaired) electrons. The Morgan fingerprint density at radius 3 is 2.62 bits per heavy atom. The third-order valence-electron chi connectivity index (χ3n) is 2.56. The fraction of sp³-hybridized carbons (Fsp3) is 0.538. The zero-order chi connectivity index (χ0) is 12.0. The van der Waals surface area contributed by atoms with E-state index < -0.39 is 5.60 Å². The van der Waals surface area contributed by atoms with Crippen molar-refractivity contribution in [2.45, 2.75) is 25.9 Å². The first-order valence-corrected chi connectivity index (χ1v) is 5.55. The van der Waals surface area contributed by atoms with Gasteiger partial charge in [-0.1, -0.05) is 18.2 Å². The van der Waals surface area contributed by atoms with E-state index in [9.17, 15) is 5.11 Å². The lowest BCUT2D eigenvalue weighted by Crippen LogP contribution is -2.24. The summed E-state index contributed by atoms with van der Waals surface area (Å²) < 4.78 is 10.5. The number of hydrogen-bond donors (Lipinski definition) is 1. The quantitative estimate of drug-likeness (QED) is 0.806. The second-order valence-electron chi connectivity index (χ2n) is 3.95. The Balaban J connectivity index is 2.91. The molecule has 1 atom stereocenters. The molecule has 1 rings (SSSR count). The van der Waals surface area contributed by atoms with Gasteiger partial charge in [0.2, 0.25) is 0 Å². The molecule has 16 heavy (non-hydrogen) atoms. The lowest BCUT2D eigenvalue weighted by atomic mass is 9.92. The summed E-state index contributed by atoms with van der Waals surface area (Å²) in [5, 5.41) is 10.4. The average Bonchev–Trinajstić information content (AvgIpc) is 2.27. The van der Waals surface area contributed by atoms with Crippen molar-refractivity contribution in [3.63, 3.8) is 0 Å². The third-order valence-corrected chi connectivity index (χ3v) is 2.56. The van der Waals surface area contributed by atoms with E-state index in [2.05, 4.69) is 0 Å². The van der Waals surface area contributed by atoms with Gasteiger partial charge in [-0.2, -0.15) is 0 Å². The Hall–Kier alpha value is -1.06. The van der Waals surface area contributed by atoms with Gasteiger partial charge in [-0.05, 0) is 19.9 Å². The van der Waals surface area contributed by atoms with Crippen LogP contribution in [-0.4, -0.2) is 25.4 Å². The Bertz CT molecular complexity index is 321. The molecule has 0 aliphatic rings. The third kappa shape index (κ3) is 3.22. The van der Waals surface area contributed by atoms with E-state index in [-0.39, 0.29) is 0 Å². The summed E-state index contributed by atoms with van der Waals surface area (Å²) in [6, 6.07) is 7.57. The molecular formula is C13H20O3. The summed E-state index contributed by atoms with van der Waals surface area (Å²) >= 11 is 0. The Morgan fingerprint density at radius 1 is 1.31 bits per heavy atom. The molecule has 90 valence electrons. The van der Waals surface area contributed by atoms with Crippen molar-refractivity contribution in [3.8, 4) is 5.75 Å². The number of rotatable bonds is 6. The van der Waals surface area contributed by atoms with Crippen molar-refractivity contribution in [3.05, 3.63) is 29.8 Å². The van der Waals surface area contributed by atoms with E-state index in [1.807, 2.05) is 31.2 Å². The minimum absolute atomic E-state index is 0.521. The van der Waals surface area contributed by atoms with Gasteiger partial charge < -0.3 is 14.6 Å². The average molecular weight is 224 g/mol. The monoisotopic (exact) mass is 224 g/mol. The van der Waals surface area contributed by atoms with Crippen LogP contribution in [0.3, 0.4) is 0 Å². The molecule has 3 heteroatoms. The predicted molar refractivity (Wildman–Crippen MR) is 63.7 cm³/mol. The van der Waals surface area contributed by atoms with Gasteiger partial charge in [-0.15, -0.1) is 0 Å². The summed E-state index contributed by atoms with van der Waals surface area (Å²) in [6.45, 7) is 4.83. The smallest absolute Gasteiger partial charge is 0.125 e. The molecule has 0 bridgehead atoms. The molecule has 3 nitrogen and oxygen atoms in total. The molecule has 0 saturated carbocycles. The van der Waals surface area contributed by atoms with Gasteiger partial charge >= 0.3 is 0 Å². The lowest BCUT2D eigenvalue weighted by molar-refractivity contribution is 0.0188. The number of para-hydroxylation sites is 1. The van der Waals surface area contributed by atoms with Crippen molar-refractivity contribution in [2.24, 2.45) is 0 Å². The van der Waals surface area contributed by atoms with Crippen LogP contribution in [0.5, 0.6) is 5.75 Å². The van der Waals surface area contributed by atoms with Gasteiger partial charge in [0, 0.05) is 25.7 Å². The molecule has 1 aromatic carbocycles. The Labute approximate surface area is 97.0 Å². The van der Waals surface area contributed by atoms with Crippen LogP contribution < -0.4 is 4.74 Å². The highest BCUT2D eigenvalue weighted by atomic mass is 16.5. The minimum Gasteiger partial charge on any atom is -0.493 e. The molecule has 0 amide bonds. The van der Waals surface area contributed by atoms with E-state index in [1.165, 1.54) is 0 Å². The number of ether oxygens (including phenoxy) is 2. The number of methoxy groups -OCH3 is 1. The molecule has 0 aliphatic heterocycles. The lowest BCUT2D eigenvalue weighted by Gasteiger charge is -2.25. The highest BCUT2D eigenvalue weighted by molar-refractivity contribution is 5.37. The molecule has 0 spiro atoms. The van der Waals surface area contributed by atoms with Gasteiger partial charge in [0.1, 0.15) is 5.75 Å². The van der Waals surface area contributed by atoms with Gasteiger partial charge in [0.05, 0.1) is 12.2 Å². The minimum atomic E-state index is -0.915. The summed E-state index contributed by atoms with van der Waals surface area (Å²) in [7, 11) is 1.63. The summed E-state index contributed by atoms with van der Waals surface area (Å²) in [5.41, 5.74) is -0.101. The molecule has 0 aromatic heterocycles. The van der Waals surface area contributed by atoms with Crippen LogP contribution in [0, 0.1) is 0 Å². The van der Waals surface area contributed by atoms with E-state index >= 15 is 0 Å². The van der Waals surface area contributed by atoms with Gasteiger partial charge in [0.15, 0.2) is 0 Å². The van der Waals surface area contributed by atoms with Crippen LogP contribution in [0.1, 0.15) is 25.8 Å². The fourth-order valence-electron chi connectivity index (χ4n) is 1.63. The Kier molecular flexibility index (Phi) is 4.77.